The van der Waals surface area contributed by atoms with Gasteiger partial charge in [0.2, 0.25) is 0 Å². The van der Waals surface area contributed by atoms with Gasteiger partial charge in [0.1, 0.15) is 0 Å². The average Bonchev–Trinajstić information content (AvgIpc) is 3.03. The maximum absolute atomic E-state index is 4.37. The summed E-state index contributed by atoms with van der Waals surface area (Å²) < 4.78 is 0. The van der Waals surface area contributed by atoms with Crippen molar-refractivity contribution in [1.29, 1.82) is 0 Å². The Bertz CT molecular complexity index is 327. The van der Waals surface area contributed by atoms with Gasteiger partial charge in [-0.3, -0.25) is 4.99 Å². The Hall–Kier alpha value is -0.810. The smallest absolute Gasteiger partial charge is 0.191 e. The maximum Gasteiger partial charge on any atom is 0.191 e. The van der Waals surface area contributed by atoms with Crippen molar-refractivity contribution in [2.24, 2.45) is 10.9 Å². The van der Waals surface area contributed by atoms with Gasteiger partial charge in [0.25, 0.3) is 0 Å². The minimum absolute atomic E-state index is 0.465. The van der Waals surface area contributed by atoms with Crippen molar-refractivity contribution in [2.75, 3.05) is 52.9 Å². The van der Waals surface area contributed by atoms with Crippen molar-refractivity contribution in [3.63, 3.8) is 0 Å². The molecule has 0 bridgehead atoms. The number of hydrogen-bond donors (Lipinski definition) is 2. The first-order valence-corrected chi connectivity index (χ1v) is 9.54. The lowest BCUT2D eigenvalue weighted by atomic mass is 10.1. The third-order valence-corrected chi connectivity index (χ3v) is 4.99. The van der Waals surface area contributed by atoms with Crippen LogP contribution in [-0.2, 0) is 0 Å². The summed E-state index contributed by atoms with van der Waals surface area (Å²) in [7, 11) is 1.87. The molecule has 5 nitrogen and oxygen atoms in total. The molecular formula is C18H39N5. The lowest BCUT2D eigenvalue weighted by molar-refractivity contribution is 0.292. The predicted octanol–water partition coefficient (Wildman–Crippen LogP) is 2.00. The second-order valence-electron chi connectivity index (χ2n) is 6.72. The first-order valence-electron chi connectivity index (χ1n) is 9.54. The molecule has 1 heterocycles. The third kappa shape index (κ3) is 8.02. The summed E-state index contributed by atoms with van der Waals surface area (Å²) in [5, 5.41) is 7.04. The van der Waals surface area contributed by atoms with Crippen molar-refractivity contribution in [2.45, 2.75) is 53.0 Å². The average molecular weight is 326 g/mol. The molecule has 0 amide bonds. The van der Waals surface area contributed by atoms with Gasteiger partial charge in [-0.25, -0.2) is 0 Å². The quantitative estimate of drug-likeness (QED) is 0.476. The number of nitrogens with zero attached hydrogens (tertiary/aromatic N) is 3. The van der Waals surface area contributed by atoms with Crippen molar-refractivity contribution >= 4 is 5.96 Å². The molecule has 1 aliphatic heterocycles. The highest BCUT2D eigenvalue weighted by Gasteiger charge is 2.21. The molecule has 1 fully saturated rings. The van der Waals surface area contributed by atoms with Gasteiger partial charge in [0, 0.05) is 26.2 Å². The number of rotatable bonds is 10. The minimum Gasteiger partial charge on any atom is -0.356 e. The molecule has 2 N–H and O–H groups in total. The van der Waals surface area contributed by atoms with Crippen LogP contribution in [0.1, 0.15) is 47.0 Å². The fourth-order valence-corrected chi connectivity index (χ4v) is 3.27. The predicted molar refractivity (Wildman–Crippen MR) is 101 cm³/mol. The number of aliphatic imine (C=N–C) groups is 1. The van der Waals surface area contributed by atoms with Gasteiger partial charge in [-0.1, -0.05) is 20.8 Å². The molecule has 0 radical (unpaired) electrons. The van der Waals surface area contributed by atoms with E-state index < -0.39 is 0 Å². The van der Waals surface area contributed by atoms with Crippen LogP contribution in [0.3, 0.4) is 0 Å². The molecule has 23 heavy (non-hydrogen) atoms. The molecule has 5 heteroatoms. The van der Waals surface area contributed by atoms with Crippen LogP contribution in [0.5, 0.6) is 0 Å². The Morgan fingerprint density at radius 3 is 2.61 bits per heavy atom. The Morgan fingerprint density at radius 2 is 2.04 bits per heavy atom. The van der Waals surface area contributed by atoms with Gasteiger partial charge in [-0.2, -0.15) is 0 Å². The van der Waals surface area contributed by atoms with E-state index in [4.69, 9.17) is 0 Å². The molecular weight excluding hydrogens is 286 g/mol. The van der Waals surface area contributed by atoms with Crippen LogP contribution in [0, 0.1) is 5.92 Å². The number of likely N-dealkylation sites (tertiary alicyclic amines) is 1. The zero-order chi connectivity index (χ0) is 17.1. The third-order valence-electron chi connectivity index (χ3n) is 4.99. The molecule has 0 aliphatic carbocycles. The van der Waals surface area contributed by atoms with Crippen LogP contribution >= 0.6 is 0 Å². The van der Waals surface area contributed by atoms with Gasteiger partial charge in [0.15, 0.2) is 5.96 Å². The van der Waals surface area contributed by atoms with Crippen LogP contribution in [0.4, 0.5) is 0 Å². The van der Waals surface area contributed by atoms with Crippen LogP contribution in [-0.4, -0.2) is 74.7 Å². The van der Waals surface area contributed by atoms with E-state index in [0.717, 1.165) is 31.5 Å². The van der Waals surface area contributed by atoms with Gasteiger partial charge < -0.3 is 20.4 Å². The maximum atomic E-state index is 4.37. The molecule has 2 unspecified atom stereocenters. The summed E-state index contributed by atoms with van der Waals surface area (Å²) in [6.07, 6.45) is 3.72. The van der Waals surface area contributed by atoms with E-state index in [9.17, 15) is 0 Å². The van der Waals surface area contributed by atoms with E-state index in [-0.39, 0.29) is 0 Å². The van der Waals surface area contributed by atoms with E-state index in [1.54, 1.807) is 0 Å². The van der Waals surface area contributed by atoms with E-state index in [2.05, 4.69) is 53.1 Å². The molecule has 2 atom stereocenters. The molecule has 0 aromatic rings. The van der Waals surface area contributed by atoms with E-state index in [1.165, 1.54) is 45.4 Å². The van der Waals surface area contributed by atoms with E-state index in [1.807, 2.05) is 7.05 Å². The van der Waals surface area contributed by atoms with Crippen LogP contribution in [0.15, 0.2) is 4.99 Å². The highest BCUT2D eigenvalue weighted by molar-refractivity contribution is 5.79. The first-order chi connectivity index (χ1) is 11.1. The second-order valence-corrected chi connectivity index (χ2v) is 6.72. The zero-order valence-electron chi connectivity index (χ0n) is 16.1. The molecule has 1 saturated heterocycles. The summed E-state index contributed by atoms with van der Waals surface area (Å²) in [6.45, 7) is 17.1. The van der Waals surface area contributed by atoms with Crippen molar-refractivity contribution in [3.05, 3.63) is 0 Å². The molecule has 1 rings (SSSR count). The molecule has 0 saturated carbocycles. The normalized spacial score (nSPS) is 21.0. The zero-order valence-corrected chi connectivity index (χ0v) is 16.1. The largest absolute Gasteiger partial charge is 0.356 e. The summed E-state index contributed by atoms with van der Waals surface area (Å²) in [5.74, 6) is 1.71. The fourth-order valence-electron chi connectivity index (χ4n) is 3.27. The van der Waals surface area contributed by atoms with Gasteiger partial charge in [-0.05, 0) is 64.8 Å². The highest BCUT2D eigenvalue weighted by atomic mass is 15.2. The van der Waals surface area contributed by atoms with Crippen molar-refractivity contribution in [1.82, 2.24) is 20.4 Å². The molecule has 0 spiro atoms. The Kier molecular flexibility index (Phi) is 10.3. The van der Waals surface area contributed by atoms with Crippen LogP contribution in [0.25, 0.3) is 0 Å². The van der Waals surface area contributed by atoms with E-state index in [0.29, 0.717) is 6.04 Å². The summed E-state index contributed by atoms with van der Waals surface area (Å²) in [4.78, 5) is 9.39. The summed E-state index contributed by atoms with van der Waals surface area (Å²) in [6, 6.07) is 0.465. The molecule has 0 aromatic carbocycles. The number of guanidine groups is 1. The lowest BCUT2D eigenvalue weighted by Gasteiger charge is -2.22. The monoisotopic (exact) mass is 325 g/mol. The first kappa shape index (κ1) is 20.2. The Balaban J connectivity index is 2.19. The fraction of sp³-hybridized carbons (Fsp3) is 0.944. The topological polar surface area (TPSA) is 42.9 Å². The van der Waals surface area contributed by atoms with Gasteiger partial charge in [-0.15, -0.1) is 0 Å². The van der Waals surface area contributed by atoms with E-state index >= 15 is 0 Å². The lowest BCUT2D eigenvalue weighted by Crippen LogP contribution is -2.44. The number of nitrogens with one attached hydrogen (secondary N) is 2. The minimum atomic E-state index is 0.465. The van der Waals surface area contributed by atoms with Gasteiger partial charge >= 0.3 is 0 Å². The van der Waals surface area contributed by atoms with Crippen molar-refractivity contribution < 1.29 is 0 Å². The van der Waals surface area contributed by atoms with Crippen LogP contribution in [0.2, 0.25) is 0 Å². The molecule has 0 aromatic heterocycles. The van der Waals surface area contributed by atoms with Gasteiger partial charge in [0.05, 0.1) is 0 Å². The van der Waals surface area contributed by atoms with Crippen molar-refractivity contribution in [3.8, 4) is 0 Å². The molecule has 1 aliphatic rings. The standard InChI is InChI=1S/C18H39N5/c1-6-22(7-2)12-9-10-16(4)21-18(19-5)20-14-17-11-13-23(8-3)15-17/h16-17H,6-15H2,1-5H3,(H2,19,20,21). The Labute approximate surface area is 143 Å². The number of hydrogen-bond acceptors (Lipinski definition) is 3. The highest BCUT2D eigenvalue weighted by Crippen LogP contribution is 2.14. The molecule has 136 valence electrons. The van der Waals surface area contributed by atoms with Crippen LogP contribution < -0.4 is 10.6 Å². The second kappa shape index (κ2) is 11.7. The Morgan fingerprint density at radius 1 is 1.30 bits per heavy atom. The SMILES string of the molecule is CCN(CC)CCCC(C)NC(=NC)NCC1CCN(CC)C1. The summed E-state index contributed by atoms with van der Waals surface area (Å²) in [5.41, 5.74) is 0. The summed E-state index contributed by atoms with van der Waals surface area (Å²) >= 11 is 0.